The van der Waals surface area contributed by atoms with Gasteiger partial charge >= 0.3 is 0 Å². The molecule has 4 rings (SSSR count). The molecule has 1 amide bonds. The summed E-state index contributed by atoms with van der Waals surface area (Å²) in [7, 11) is 0. The normalized spacial score (nSPS) is 10.9. The molecule has 0 bridgehead atoms. The predicted molar refractivity (Wildman–Crippen MR) is 110 cm³/mol. The zero-order chi connectivity index (χ0) is 20.2. The zero-order valence-corrected chi connectivity index (χ0v) is 15.9. The summed E-state index contributed by atoms with van der Waals surface area (Å²) >= 11 is 1.29. The van der Waals surface area contributed by atoms with Crippen LogP contribution in [0.5, 0.6) is 0 Å². The van der Waals surface area contributed by atoms with Crippen LogP contribution in [0.2, 0.25) is 0 Å². The number of hydrogen-bond acceptors (Lipinski definition) is 5. The van der Waals surface area contributed by atoms with E-state index in [4.69, 9.17) is 0 Å². The lowest BCUT2D eigenvalue weighted by Gasteiger charge is -2.11. The number of anilines is 1. The number of thioether (sulfide) groups is 1. The molecule has 146 valence electrons. The van der Waals surface area contributed by atoms with Gasteiger partial charge in [0.15, 0.2) is 5.65 Å². The Morgan fingerprint density at radius 1 is 1.17 bits per heavy atom. The first-order chi connectivity index (χ1) is 14.1. The van der Waals surface area contributed by atoms with Gasteiger partial charge in [0.25, 0.3) is 5.56 Å². The fourth-order valence-corrected chi connectivity index (χ4v) is 3.71. The minimum absolute atomic E-state index is 0.205. The van der Waals surface area contributed by atoms with E-state index < -0.39 is 0 Å². The van der Waals surface area contributed by atoms with Crippen LogP contribution in [0.15, 0.2) is 70.7 Å². The predicted octanol–water partition coefficient (Wildman–Crippen LogP) is 3.37. The standard InChI is InChI=1S/C20H16FN5O2S/c21-14-5-1-4-8-17(14)29-10-9-18(27)25-15-6-2-3-7-16(15)26-19-13(11-24-26)20(28)23-12-22-19/h1-8,11-12H,9-10H2,(H,25,27)(H,22,23,28). The molecule has 0 saturated heterocycles. The number of para-hydroxylation sites is 2. The van der Waals surface area contributed by atoms with E-state index in [2.05, 4.69) is 20.4 Å². The second-order valence-corrected chi connectivity index (χ2v) is 7.26. The molecule has 2 N–H and O–H groups in total. The van der Waals surface area contributed by atoms with Gasteiger partial charge in [0.1, 0.15) is 11.2 Å². The fraction of sp³-hybridized carbons (Fsp3) is 0.100. The average molecular weight is 409 g/mol. The van der Waals surface area contributed by atoms with Crippen molar-refractivity contribution in [2.45, 2.75) is 11.3 Å². The number of aromatic nitrogens is 4. The van der Waals surface area contributed by atoms with Crippen molar-refractivity contribution in [3.05, 3.63) is 77.2 Å². The first-order valence-electron chi connectivity index (χ1n) is 8.81. The molecular weight excluding hydrogens is 393 g/mol. The summed E-state index contributed by atoms with van der Waals surface area (Å²) in [6.45, 7) is 0. The van der Waals surface area contributed by atoms with Gasteiger partial charge in [-0.3, -0.25) is 9.59 Å². The summed E-state index contributed by atoms with van der Waals surface area (Å²) in [6, 6.07) is 13.6. The molecule has 7 nitrogen and oxygen atoms in total. The number of carbonyl (C=O) groups is 1. The molecule has 0 spiro atoms. The highest BCUT2D eigenvalue weighted by Gasteiger charge is 2.14. The highest BCUT2D eigenvalue weighted by atomic mass is 32.2. The molecule has 0 radical (unpaired) electrons. The van der Waals surface area contributed by atoms with Crippen LogP contribution in [0.4, 0.5) is 10.1 Å². The van der Waals surface area contributed by atoms with Gasteiger partial charge in [-0.05, 0) is 24.3 Å². The van der Waals surface area contributed by atoms with Crippen molar-refractivity contribution in [3.8, 4) is 5.69 Å². The molecular formula is C20H16FN5O2S. The number of amides is 1. The Kier molecular flexibility index (Phi) is 5.39. The third kappa shape index (κ3) is 4.04. The topological polar surface area (TPSA) is 92.7 Å². The minimum atomic E-state index is -0.295. The quantitative estimate of drug-likeness (QED) is 0.477. The van der Waals surface area contributed by atoms with Gasteiger partial charge in [0, 0.05) is 17.1 Å². The van der Waals surface area contributed by atoms with Crippen molar-refractivity contribution in [3.63, 3.8) is 0 Å². The third-order valence-electron chi connectivity index (χ3n) is 4.20. The molecule has 2 aromatic carbocycles. The van der Waals surface area contributed by atoms with Crippen molar-refractivity contribution in [1.29, 1.82) is 0 Å². The van der Waals surface area contributed by atoms with Crippen LogP contribution in [-0.2, 0) is 4.79 Å². The van der Waals surface area contributed by atoms with E-state index in [-0.39, 0.29) is 23.7 Å². The lowest BCUT2D eigenvalue weighted by Crippen LogP contribution is -2.14. The van der Waals surface area contributed by atoms with E-state index in [0.717, 1.165) is 0 Å². The van der Waals surface area contributed by atoms with Crippen molar-refractivity contribution in [2.24, 2.45) is 0 Å². The van der Waals surface area contributed by atoms with Gasteiger partial charge in [-0.2, -0.15) is 5.10 Å². The molecule has 2 heterocycles. The average Bonchev–Trinajstić information content (AvgIpc) is 3.15. The monoisotopic (exact) mass is 409 g/mol. The van der Waals surface area contributed by atoms with Gasteiger partial charge in [0.05, 0.1) is 23.9 Å². The molecule has 9 heteroatoms. The lowest BCUT2D eigenvalue weighted by molar-refractivity contribution is -0.115. The molecule has 2 aromatic heterocycles. The Labute approximate surface area is 169 Å². The molecule has 0 aliphatic rings. The highest BCUT2D eigenvalue weighted by molar-refractivity contribution is 7.99. The first-order valence-corrected chi connectivity index (χ1v) is 9.80. The van der Waals surface area contributed by atoms with E-state index >= 15 is 0 Å². The number of nitrogens with zero attached hydrogens (tertiary/aromatic N) is 3. The molecule has 4 aromatic rings. The van der Waals surface area contributed by atoms with E-state index in [1.165, 1.54) is 35.0 Å². The maximum Gasteiger partial charge on any atom is 0.261 e. The smallest absolute Gasteiger partial charge is 0.261 e. The van der Waals surface area contributed by atoms with Gasteiger partial charge in [-0.1, -0.05) is 24.3 Å². The third-order valence-corrected chi connectivity index (χ3v) is 5.25. The van der Waals surface area contributed by atoms with Gasteiger partial charge < -0.3 is 10.3 Å². The number of halogens is 1. The SMILES string of the molecule is O=C(CCSc1ccccc1F)Nc1ccccc1-n1ncc2c(=O)[nH]cnc21. The number of hydrogen-bond donors (Lipinski definition) is 2. The summed E-state index contributed by atoms with van der Waals surface area (Å²) in [5.41, 5.74) is 1.25. The molecule has 0 fully saturated rings. The molecule has 0 aliphatic heterocycles. The summed E-state index contributed by atoms with van der Waals surface area (Å²) < 4.78 is 15.2. The van der Waals surface area contributed by atoms with E-state index in [9.17, 15) is 14.0 Å². The minimum Gasteiger partial charge on any atom is -0.324 e. The number of rotatable bonds is 6. The van der Waals surface area contributed by atoms with E-state index in [1.54, 1.807) is 42.5 Å². The Hall–Kier alpha value is -3.46. The van der Waals surface area contributed by atoms with Gasteiger partial charge in [-0.25, -0.2) is 14.1 Å². The van der Waals surface area contributed by atoms with Crippen molar-refractivity contribution in [2.75, 3.05) is 11.1 Å². The van der Waals surface area contributed by atoms with Crippen LogP contribution < -0.4 is 10.9 Å². The number of H-pyrrole nitrogens is 1. The zero-order valence-electron chi connectivity index (χ0n) is 15.1. The molecule has 29 heavy (non-hydrogen) atoms. The second kappa shape index (κ2) is 8.27. The van der Waals surface area contributed by atoms with E-state index in [0.29, 0.717) is 33.1 Å². The number of nitrogens with one attached hydrogen (secondary N) is 2. The maximum absolute atomic E-state index is 13.7. The van der Waals surface area contributed by atoms with Crippen molar-refractivity contribution < 1.29 is 9.18 Å². The largest absolute Gasteiger partial charge is 0.324 e. The summed E-state index contributed by atoms with van der Waals surface area (Å²) in [5, 5.41) is 7.46. The Morgan fingerprint density at radius 2 is 1.97 bits per heavy atom. The lowest BCUT2D eigenvalue weighted by atomic mass is 10.2. The Morgan fingerprint density at radius 3 is 2.83 bits per heavy atom. The number of aromatic amines is 1. The Bertz CT molecular complexity index is 1240. The summed E-state index contributed by atoms with van der Waals surface area (Å²) in [4.78, 5) is 31.5. The van der Waals surface area contributed by atoms with Crippen LogP contribution in [-0.4, -0.2) is 31.4 Å². The molecule has 0 atom stereocenters. The summed E-state index contributed by atoms with van der Waals surface area (Å²) in [5.74, 6) is -0.0591. The molecule has 0 aliphatic carbocycles. The van der Waals surface area contributed by atoms with Crippen LogP contribution in [0.25, 0.3) is 16.7 Å². The van der Waals surface area contributed by atoms with Crippen LogP contribution in [0.3, 0.4) is 0 Å². The fourth-order valence-electron chi connectivity index (χ4n) is 2.82. The first kappa shape index (κ1) is 18.9. The second-order valence-electron chi connectivity index (χ2n) is 6.12. The number of benzene rings is 2. The van der Waals surface area contributed by atoms with Gasteiger partial charge in [-0.15, -0.1) is 11.8 Å². The van der Waals surface area contributed by atoms with Gasteiger partial charge in [0.2, 0.25) is 5.91 Å². The molecule has 0 saturated carbocycles. The van der Waals surface area contributed by atoms with Crippen LogP contribution in [0.1, 0.15) is 6.42 Å². The Balaban J connectivity index is 1.50. The van der Waals surface area contributed by atoms with Crippen LogP contribution >= 0.6 is 11.8 Å². The van der Waals surface area contributed by atoms with Crippen LogP contribution in [0, 0.1) is 5.82 Å². The molecule has 0 unspecified atom stereocenters. The van der Waals surface area contributed by atoms with E-state index in [1.807, 2.05) is 0 Å². The number of fused-ring (bicyclic) bond motifs is 1. The summed E-state index contributed by atoms with van der Waals surface area (Å²) in [6.07, 6.45) is 2.96. The van der Waals surface area contributed by atoms with Crippen molar-refractivity contribution >= 4 is 34.4 Å². The maximum atomic E-state index is 13.7. The highest BCUT2D eigenvalue weighted by Crippen LogP contribution is 2.24. The van der Waals surface area contributed by atoms with Crippen molar-refractivity contribution in [1.82, 2.24) is 19.7 Å². The number of carbonyl (C=O) groups excluding carboxylic acids is 1.